The fraction of sp³-hybridized carbons (Fsp3) is 0.379. The molecule has 0 bridgehead atoms. The molecule has 0 N–H and O–H groups in total. The van der Waals surface area contributed by atoms with Crippen LogP contribution in [0.5, 0.6) is 11.5 Å². The van der Waals surface area contributed by atoms with Crippen LogP contribution in [0.15, 0.2) is 54.6 Å². The first-order chi connectivity index (χ1) is 17.6. The summed E-state index contributed by atoms with van der Waals surface area (Å²) in [5, 5.41) is 0. The Morgan fingerprint density at radius 1 is 0.784 bits per heavy atom. The molecule has 37 heavy (non-hydrogen) atoms. The van der Waals surface area contributed by atoms with E-state index < -0.39 is 47.5 Å². The van der Waals surface area contributed by atoms with Gasteiger partial charge in [-0.2, -0.15) is 8.78 Å². The molecule has 2 nitrogen and oxygen atoms in total. The van der Waals surface area contributed by atoms with Crippen LogP contribution in [-0.4, -0.2) is 12.7 Å². The van der Waals surface area contributed by atoms with E-state index in [1.54, 1.807) is 6.07 Å². The summed E-state index contributed by atoms with van der Waals surface area (Å²) in [4.78, 5) is 0. The zero-order valence-corrected chi connectivity index (χ0v) is 20.4. The number of halogens is 6. The van der Waals surface area contributed by atoms with Gasteiger partial charge in [-0.15, -0.1) is 0 Å². The molecular formula is C29H28F6O2. The second-order valence-electron chi connectivity index (χ2n) is 9.50. The summed E-state index contributed by atoms with van der Waals surface area (Å²) >= 11 is 0. The van der Waals surface area contributed by atoms with Crippen LogP contribution in [0.4, 0.5) is 26.3 Å². The van der Waals surface area contributed by atoms with Crippen molar-refractivity contribution in [3.8, 4) is 22.6 Å². The van der Waals surface area contributed by atoms with E-state index in [1.165, 1.54) is 56.2 Å². The van der Waals surface area contributed by atoms with Crippen molar-refractivity contribution < 1.29 is 35.8 Å². The number of rotatable bonds is 9. The van der Waals surface area contributed by atoms with Gasteiger partial charge in [0, 0.05) is 12.1 Å². The van der Waals surface area contributed by atoms with Crippen molar-refractivity contribution in [3.63, 3.8) is 0 Å². The van der Waals surface area contributed by atoms with Crippen LogP contribution in [-0.2, 0) is 0 Å². The summed E-state index contributed by atoms with van der Waals surface area (Å²) in [5.41, 5.74) is 2.61. The molecular weight excluding hydrogens is 494 g/mol. The highest BCUT2D eigenvalue weighted by Gasteiger charge is 2.34. The zero-order valence-electron chi connectivity index (χ0n) is 20.4. The van der Waals surface area contributed by atoms with Crippen molar-refractivity contribution in [2.45, 2.75) is 57.5 Å². The summed E-state index contributed by atoms with van der Waals surface area (Å²) < 4.78 is 91.3. The molecule has 0 radical (unpaired) electrons. The first-order valence-corrected chi connectivity index (χ1v) is 12.4. The quantitative estimate of drug-likeness (QED) is 0.206. The predicted molar refractivity (Wildman–Crippen MR) is 129 cm³/mol. The fourth-order valence-electron chi connectivity index (χ4n) is 4.89. The number of hydrogen-bond acceptors (Lipinski definition) is 2. The lowest BCUT2D eigenvalue weighted by Crippen LogP contribution is -2.32. The Bertz CT molecular complexity index is 1180. The first-order valence-electron chi connectivity index (χ1n) is 12.4. The average Bonchev–Trinajstić information content (AvgIpc) is 2.87. The van der Waals surface area contributed by atoms with Crippen molar-refractivity contribution >= 4 is 0 Å². The van der Waals surface area contributed by atoms with Gasteiger partial charge < -0.3 is 9.47 Å². The lowest BCUT2D eigenvalue weighted by molar-refractivity contribution is -0.196. The minimum atomic E-state index is -4.06. The van der Waals surface area contributed by atoms with Crippen LogP contribution >= 0.6 is 0 Å². The van der Waals surface area contributed by atoms with E-state index in [-0.39, 0.29) is 12.1 Å². The third-order valence-electron chi connectivity index (χ3n) is 6.81. The van der Waals surface area contributed by atoms with Crippen molar-refractivity contribution in [1.29, 1.82) is 0 Å². The molecule has 0 aromatic heterocycles. The molecule has 8 heteroatoms. The minimum absolute atomic E-state index is 0.282. The summed E-state index contributed by atoms with van der Waals surface area (Å²) in [6.07, 6.45) is 3.28. The Hall–Kier alpha value is -3.16. The van der Waals surface area contributed by atoms with Gasteiger partial charge in [-0.25, -0.2) is 17.6 Å². The van der Waals surface area contributed by atoms with E-state index in [2.05, 4.69) is 23.8 Å². The molecule has 1 aliphatic rings. The smallest absolute Gasteiger partial charge is 0.433 e. The van der Waals surface area contributed by atoms with E-state index in [4.69, 9.17) is 4.74 Å². The second kappa shape index (κ2) is 11.5. The standard InChI is InChI=1S/C29H28F6O2/c1-2-3-18-4-6-19(7-5-18)20-8-10-21(11-9-20)22-12-13-27(24(30)14-22)36-17-29(34,35)37-23-15-25(31)28(33)26(32)16-23/h8-16,18-19H,2-7,17H2,1H3. The van der Waals surface area contributed by atoms with Gasteiger partial charge in [0.1, 0.15) is 5.75 Å². The van der Waals surface area contributed by atoms with E-state index in [0.717, 1.165) is 11.5 Å². The van der Waals surface area contributed by atoms with Gasteiger partial charge in [0.2, 0.25) is 0 Å². The van der Waals surface area contributed by atoms with Gasteiger partial charge >= 0.3 is 6.11 Å². The number of hydrogen-bond donors (Lipinski definition) is 0. The minimum Gasteiger partial charge on any atom is -0.480 e. The van der Waals surface area contributed by atoms with Crippen LogP contribution in [0.2, 0.25) is 0 Å². The van der Waals surface area contributed by atoms with Gasteiger partial charge in [0.15, 0.2) is 35.6 Å². The third-order valence-corrected chi connectivity index (χ3v) is 6.81. The van der Waals surface area contributed by atoms with E-state index in [1.807, 2.05) is 12.1 Å². The molecule has 1 aliphatic carbocycles. The summed E-state index contributed by atoms with van der Waals surface area (Å²) in [6, 6.07) is 12.5. The maximum Gasteiger partial charge on any atom is 0.433 e. The van der Waals surface area contributed by atoms with Crippen LogP contribution in [0.1, 0.15) is 56.9 Å². The Labute approximate surface area is 212 Å². The van der Waals surface area contributed by atoms with Crippen LogP contribution in [0, 0.1) is 29.2 Å². The molecule has 3 aromatic rings. The largest absolute Gasteiger partial charge is 0.480 e. The molecule has 3 aromatic carbocycles. The number of benzene rings is 3. The molecule has 198 valence electrons. The van der Waals surface area contributed by atoms with E-state index >= 15 is 0 Å². The van der Waals surface area contributed by atoms with Crippen molar-refractivity contribution in [2.75, 3.05) is 6.61 Å². The average molecular weight is 523 g/mol. The van der Waals surface area contributed by atoms with Gasteiger partial charge in [-0.1, -0.05) is 50.1 Å². The summed E-state index contributed by atoms with van der Waals surface area (Å²) in [5.74, 6) is -6.04. The SMILES string of the molecule is CCCC1CCC(c2ccc(-c3ccc(OCC(F)(F)Oc4cc(F)c(F)c(F)c4)c(F)c3)cc2)CC1. The zero-order chi connectivity index (χ0) is 26.6. The van der Waals surface area contributed by atoms with Crippen LogP contribution < -0.4 is 9.47 Å². The number of ether oxygens (including phenoxy) is 2. The molecule has 4 rings (SSSR count). The van der Waals surface area contributed by atoms with Gasteiger partial charge in [0.05, 0.1) is 0 Å². The Balaban J connectivity index is 1.36. The fourth-order valence-corrected chi connectivity index (χ4v) is 4.89. The molecule has 0 atom stereocenters. The molecule has 0 spiro atoms. The van der Waals surface area contributed by atoms with Gasteiger partial charge in [0.25, 0.3) is 0 Å². The lowest BCUT2D eigenvalue weighted by atomic mass is 9.77. The number of alkyl halides is 2. The van der Waals surface area contributed by atoms with E-state index in [9.17, 15) is 26.3 Å². The molecule has 0 saturated heterocycles. The highest BCUT2D eigenvalue weighted by molar-refractivity contribution is 5.64. The van der Waals surface area contributed by atoms with Crippen molar-refractivity contribution in [3.05, 3.63) is 83.4 Å². The maximum absolute atomic E-state index is 14.6. The molecule has 1 fully saturated rings. The van der Waals surface area contributed by atoms with Gasteiger partial charge in [-0.3, -0.25) is 0 Å². The summed E-state index contributed by atoms with van der Waals surface area (Å²) in [6.45, 7) is 0.789. The van der Waals surface area contributed by atoms with Gasteiger partial charge in [-0.05, 0) is 66.3 Å². The molecule has 0 aliphatic heterocycles. The van der Waals surface area contributed by atoms with Crippen LogP contribution in [0.25, 0.3) is 11.1 Å². The highest BCUT2D eigenvalue weighted by atomic mass is 19.3. The Kier molecular flexibility index (Phi) is 8.35. The Morgan fingerprint density at radius 3 is 2.00 bits per heavy atom. The van der Waals surface area contributed by atoms with Crippen LogP contribution in [0.3, 0.4) is 0 Å². The highest BCUT2D eigenvalue weighted by Crippen LogP contribution is 2.38. The topological polar surface area (TPSA) is 18.5 Å². The molecule has 0 amide bonds. The monoisotopic (exact) mass is 522 g/mol. The van der Waals surface area contributed by atoms with E-state index in [0.29, 0.717) is 11.5 Å². The maximum atomic E-state index is 14.6. The molecule has 0 unspecified atom stereocenters. The van der Waals surface area contributed by atoms with Crippen molar-refractivity contribution in [1.82, 2.24) is 0 Å². The second-order valence-corrected chi connectivity index (χ2v) is 9.50. The van der Waals surface area contributed by atoms with Crippen molar-refractivity contribution in [2.24, 2.45) is 5.92 Å². The predicted octanol–water partition coefficient (Wildman–Crippen LogP) is 9.03. The molecule has 0 heterocycles. The normalized spacial score (nSPS) is 18.0. The Morgan fingerprint density at radius 2 is 1.41 bits per heavy atom. The molecule has 1 saturated carbocycles. The lowest BCUT2D eigenvalue weighted by Gasteiger charge is -2.28. The first kappa shape index (κ1) is 26.9. The summed E-state index contributed by atoms with van der Waals surface area (Å²) in [7, 11) is 0. The third kappa shape index (κ3) is 6.79.